The molecule has 0 aliphatic carbocycles. The van der Waals surface area contributed by atoms with E-state index >= 15 is 0 Å². The Hall–Kier alpha value is -1.52. The van der Waals surface area contributed by atoms with Crippen molar-refractivity contribution in [1.29, 1.82) is 0 Å². The minimum atomic E-state index is -1.22. The number of hydrogen-bond acceptors (Lipinski definition) is 2. The second kappa shape index (κ2) is 6.15. The van der Waals surface area contributed by atoms with E-state index in [0.717, 1.165) is 0 Å². The quantitative estimate of drug-likeness (QED) is 0.603. The topological polar surface area (TPSA) is 78.4 Å². The summed E-state index contributed by atoms with van der Waals surface area (Å²) in [4.78, 5) is 22.5. The molecule has 0 spiro atoms. The van der Waals surface area contributed by atoms with Crippen molar-refractivity contribution in [1.82, 2.24) is 10.6 Å². The zero-order chi connectivity index (χ0) is 12.8. The molecule has 0 heterocycles. The molecule has 2 amide bonds. The highest BCUT2D eigenvalue weighted by molar-refractivity contribution is 5.85. The standard InChI is InChI=1S/C11H20N2O3/c1-5-7-11(4,9(14)15)13-10(16)12-8(3)6-2/h6,8H,2,5,7H2,1,3-4H3,(H,14,15)(H2,12,13,16). The average molecular weight is 228 g/mol. The largest absolute Gasteiger partial charge is 0.480 e. The van der Waals surface area contributed by atoms with Crippen molar-refractivity contribution in [3.63, 3.8) is 0 Å². The molecule has 0 fully saturated rings. The molecule has 3 N–H and O–H groups in total. The monoisotopic (exact) mass is 228 g/mol. The summed E-state index contributed by atoms with van der Waals surface area (Å²) in [5.41, 5.74) is -1.22. The Morgan fingerprint density at radius 2 is 2.12 bits per heavy atom. The highest BCUT2D eigenvalue weighted by Gasteiger charge is 2.33. The first kappa shape index (κ1) is 14.5. The van der Waals surface area contributed by atoms with E-state index in [1.807, 2.05) is 6.92 Å². The van der Waals surface area contributed by atoms with Crippen LogP contribution in [0.15, 0.2) is 12.7 Å². The maximum absolute atomic E-state index is 11.5. The van der Waals surface area contributed by atoms with E-state index in [0.29, 0.717) is 12.8 Å². The molecule has 0 aliphatic heterocycles. The second-order valence-corrected chi connectivity index (χ2v) is 4.01. The van der Waals surface area contributed by atoms with E-state index < -0.39 is 17.5 Å². The first-order chi connectivity index (χ1) is 7.35. The maximum Gasteiger partial charge on any atom is 0.329 e. The molecule has 0 aromatic rings. The number of carbonyl (C=O) groups excluding carboxylic acids is 1. The van der Waals surface area contributed by atoms with Crippen molar-refractivity contribution in [2.45, 2.75) is 45.2 Å². The summed E-state index contributed by atoms with van der Waals surface area (Å²) in [5.74, 6) is -1.03. The zero-order valence-corrected chi connectivity index (χ0v) is 10.0. The Kier molecular flexibility index (Phi) is 5.56. The third-order valence-corrected chi connectivity index (χ3v) is 2.32. The van der Waals surface area contributed by atoms with Gasteiger partial charge in [0.2, 0.25) is 0 Å². The highest BCUT2D eigenvalue weighted by Crippen LogP contribution is 2.12. The summed E-state index contributed by atoms with van der Waals surface area (Å²) in [7, 11) is 0. The van der Waals surface area contributed by atoms with Crippen LogP contribution in [0.3, 0.4) is 0 Å². The lowest BCUT2D eigenvalue weighted by Crippen LogP contribution is -2.56. The van der Waals surface area contributed by atoms with Crippen molar-refractivity contribution < 1.29 is 14.7 Å². The predicted molar refractivity (Wildman–Crippen MR) is 62.3 cm³/mol. The average Bonchev–Trinajstić information content (AvgIpc) is 2.17. The second-order valence-electron chi connectivity index (χ2n) is 4.01. The van der Waals surface area contributed by atoms with Crippen molar-refractivity contribution in [2.75, 3.05) is 0 Å². The molecule has 2 atom stereocenters. The molecule has 0 saturated carbocycles. The SMILES string of the molecule is C=CC(C)NC(=O)NC(C)(CCC)C(=O)O. The van der Waals surface area contributed by atoms with Gasteiger partial charge in [-0.05, 0) is 20.3 Å². The van der Waals surface area contributed by atoms with Gasteiger partial charge < -0.3 is 15.7 Å². The fourth-order valence-corrected chi connectivity index (χ4v) is 1.28. The summed E-state index contributed by atoms with van der Waals surface area (Å²) in [6.45, 7) is 8.64. The predicted octanol–water partition coefficient (Wildman–Crippen LogP) is 1.50. The fraction of sp³-hybridized carbons (Fsp3) is 0.636. The van der Waals surface area contributed by atoms with E-state index in [1.165, 1.54) is 6.92 Å². The van der Waals surface area contributed by atoms with Crippen LogP contribution in [-0.2, 0) is 4.79 Å². The molecule has 16 heavy (non-hydrogen) atoms. The van der Waals surface area contributed by atoms with Gasteiger partial charge in [-0.15, -0.1) is 6.58 Å². The molecule has 0 aromatic carbocycles. The molecule has 0 rings (SSSR count). The van der Waals surface area contributed by atoms with E-state index in [1.54, 1.807) is 13.0 Å². The van der Waals surface area contributed by atoms with Gasteiger partial charge in [0.1, 0.15) is 5.54 Å². The van der Waals surface area contributed by atoms with Crippen molar-refractivity contribution >= 4 is 12.0 Å². The number of carboxylic acid groups (broad SMARTS) is 1. The Labute approximate surface area is 95.9 Å². The maximum atomic E-state index is 11.5. The molecule has 0 saturated heterocycles. The molecule has 5 nitrogen and oxygen atoms in total. The number of amides is 2. The van der Waals surface area contributed by atoms with Gasteiger partial charge in [0, 0.05) is 6.04 Å². The summed E-state index contributed by atoms with van der Waals surface area (Å²) in [6, 6.07) is -0.689. The number of nitrogens with one attached hydrogen (secondary N) is 2. The summed E-state index contributed by atoms with van der Waals surface area (Å²) in [5, 5.41) is 14.1. The van der Waals surface area contributed by atoms with Crippen LogP contribution >= 0.6 is 0 Å². The Morgan fingerprint density at radius 3 is 2.50 bits per heavy atom. The van der Waals surface area contributed by atoms with Gasteiger partial charge in [-0.25, -0.2) is 9.59 Å². The molecular formula is C11H20N2O3. The minimum absolute atomic E-state index is 0.195. The van der Waals surface area contributed by atoms with E-state index in [2.05, 4.69) is 17.2 Å². The third-order valence-electron chi connectivity index (χ3n) is 2.32. The van der Waals surface area contributed by atoms with Crippen LogP contribution in [0.5, 0.6) is 0 Å². The number of hydrogen-bond donors (Lipinski definition) is 3. The van der Waals surface area contributed by atoms with Crippen LogP contribution in [-0.4, -0.2) is 28.7 Å². The number of urea groups is 1. The van der Waals surface area contributed by atoms with Gasteiger partial charge in [0.25, 0.3) is 0 Å². The Morgan fingerprint density at radius 1 is 1.56 bits per heavy atom. The number of carboxylic acids is 1. The van der Waals surface area contributed by atoms with Gasteiger partial charge in [0.05, 0.1) is 0 Å². The molecule has 0 aliphatic rings. The normalized spacial score (nSPS) is 15.7. The van der Waals surface area contributed by atoms with Gasteiger partial charge >= 0.3 is 12.0 Å². The van der Waals surface area contributed by atoms with Crippen LogP contribution in [0.4, 0.5) is 4.79 Å². The van der Waals surface area contributed by atoms with Crippen molar-refractivity contribution in [2.24, 2.45) is 0 Å². The van der Waals surface area contributed by atoms with Crippen molar-refractivity contribution in [3.05, 3.63) is 12.7 Å². The summed E-state index contributed by atoms with van der Waals surface area (Å²) in [6.07, 6.45) is 2.63. The molecule has 2 unspecified atom stereocenters. The number of carbonyl (C=O) groups is 2. The first-order valence-corrected chi connectivity index (χ1v) is 5.30. The molecule has 5 heteroatoms. The van der Waals surface area contributed by atoms with Crippen LogP contribution in [0.25, 0.3) is 0 Å². The molecular weight excluding hydrogens is 208 g/mol. The summed E-state index contributed by atoms with van der Waals surface area (Å²) >= 11 is 0. The lowest BCUT2D eigenvalue weighted by molar-refractivity contribution is -0.144. The van der Waals surface area contributed by atoms with Crippen LogP contribution in [0, 0.1) is 0 Å². The highest BCUT2D eigenvalue weighted by atomic mass is 16.4. The molecule has 0 radical (unpaired) electrons. The smallest absolute Gasteiger partial charge is 0.329 e. The number of aliphatic carboxylic acids is 1. The Bertz CT molecular complexity index is 278. The van der Waals surface area contributed by atoms with Crippen LogP contribution < -0.4 is 10.6 Å². The Balaban J connectivity index is 4.46. The first-order valence-electron chi connectivity index (χ1n) is 5.30. The van der Waals surface area contributed by atoms with Crippen LogP contribution in [0.2, 0.25) is 0 Å². The van der Waals surface area contributed by atoms with Crippen molar-refractivity contribution in [3.8, 4) is 0 Å². The van der Waals surface area contributed by atoms with Gasteiger partial charge in [-0.3, -0.25) is 0 Å². The number of rotatable bonds is 6. The van der Waals surface area contributed by atoms with Gasteiger partial charge in [0.15, 0.2) is 0 Å². The fourth-order valence-electron chi connectivity index (χ4n) is 1.28. The minimum Gasteiger partial charge on any atom is -0.480 e. The third kappa shape index (κ3) is 4.33. The van der Waals surface area contributed by atoms with E-state index in [-0.39, 0.29) is 6.04 Å². The van der Waals surface area contributed by atoms with Gasteiger partial charge in [-0.1, -0.05) is 19.4 Å². The lowest BCUT2D eigenvalue weighted by atomic mass is 9.97. The molecule has 92 valence electrons. The molecule has 0 bridgehead atoms. The lowest BCUT2D eigenvalue weighted by Gasteiger charge is -2.26. The van der Waals surface area contributed by atoms with E-state index in [4.69, 9.17) is 5.11 Å². The molecule has 0 aromatic heterocycles. The van der Waals surface area contributed by atoms with E-state index in [9.17, 15) is 9.59 Å². The van der Waals surface area contributed by atoms with Gasteiger partial charge in [-0.2, -0.15) is 0 Å². The summed E-state index contributed by atoms with van der Waals surface area (Å²) < 4.78 is 0. The van der Waals surface area contributed by atoms with Crippen LogP contribution in [0.1, 0.15) is 33.6 Å². The zero-order valence-electron chi connectivity index (χ0n) is 10.0.